The van der Waals surface area contributed by atoms with Crippen LogP contribution in [0.2, 0.25) is 0 Å². The molecule has 0 radical (unpaired) electrons. The highest BCUT2D eigenvalue weighted by Crippen LogP contribution is 2.48. The third-order valence-corrected chi connectivity index (χ3v) is 3.35. The van der Waals surface area contributed by atoms with E-state index in [1.807, 2.05) is 11.8 Å². The summed E-state index contributed by atoms with van der Waals surface area (Å²) >= 11 is 2.01. The van der Waals surface area contributed by atoms with Crippen LogP contribution in [0.4, 0.5) is 0 Å². The van der Waals surface area contributed by atoms with Gasteiger partial charge in [-0.3, -0.25) is 0 Å². The van der Waals surface area contributed by atoms with Crippen molar-refractivity contribution in [1.29, 1.82) is 0 Å². The average Bonchev–Trinajstić information content (AvgIpc) is 2.07. The van der Waals surface area contributed by atoms with Gasteiger partial charge in [-0.05, 0) is 19.3 Å². The van der Waals surface area contributed by atoms with Crippen molar-refractivity contribution in [2.75, 3.05) is 12.4 Å². The molecule has 0 aromatic heterocycles. The Hall–Kier alpha value is 0.310. The van der Waals surface area contributed by atoms with Crippen LogP contribution in [0.15, 0.2) is 0 Å². The largest absolute Gasteiger partial charge is 0.363 e. The Balaban J connectivity index is 2.01. The molecule has 1 nitrogen and oxygen atoms in total. The Kier molecular flexibility index (Phi) is 1.05. The first-order chi connectivity index (χ1) is 3.91. The zero-order valence-corrected chi connectivity index (χ0v) is 5.67. The second-order valence-corrected chi connectivity index (χ2v) is 3.90. The lowest BCUT2D eigenvalue weighted by Gasteiger charge is -2.35. The van der Waals surface area contributed by atoms with Gasteiger partial charge in [0.25, 0.3) is 0 Å². The molecule has 0 amide bonds. The Labute approximate surface area is 53.8 Å². The molecule has 0 atom stereocenters. The van der Waals surface area contributed by atoms with Gasteiger partial charge in [0.05, 0.1) is 6.61 Å². The van der Waals surface area contributed by atoms with Crippen LogP contribution in [0.25, 0.3) is 0 Å². The third-order valence-electron chi connectivity index (χ3n) is 1.93. The maximum absolute atomic E-state index is 5.54. The summed E-state index contributed by atoms with van der Waals surface area (Å²) in [5.74, 6) is 1.22. The minimum atomic E-state index is 0.333. The van der Waals surface area contributed by atoms with Gasteiger partial charge in [-0.2, -0.15) is 0 Å². The first-order valence-electron chi connectivity index (χ1n) is 3.19. The first kappa shape index (κ1) is 5.12. The molecule has 0 bridgehead atoms. The molecule has 1 heterocycles. The molecule has 1 saturated heterocycles. The van der Waals surface area contributed by atoms with Gasteiger partial charge >= 0.3 is 0 Å². The fourth-order valence-corrected chi connectivity index (χ4v) is 2.53. The van der Waals surface area contributed by atoms with Gasteiger partial charge in [-0.25, -0.2) is 0 Å². The van der Waals surface area contributed by atoms with Crippen molar-refractivity contribution < 1.29 is 4.74 Å². The molecule has 8 heavy (non-hydrogen) atoms. The lowest BCUT2D eigenvalue weighted by molar-refractivity contribution is -0.00487. The van der Waals surface area contributed by atoms with E-state index in [2.05, 4.69) is 0 Å². The Morgan fingerprint density at radius 2 is 2.25 bits per heavy atom. The highest BCUT2D eigenvalue weighted by Gasteiger charge is 2.41. The number of hydrogen-bond donors (Lipinski definition) is 0. The molecule has 0 aromatic rings. The summed E-state index contributed by atoms with van der Waals surface area (Å²) in [5.41, 5.74) is 0. The lowest BCUT2D eigenvalue weighted by atomic mass is 9.95. The Morgan fingerprint density at radius 1 is 1.38 bits per heavy atom. The van der Waals surface area contributed by atoms with Crippen molar-refractivity contribution in [3.8, 4) is 0 Å². The van der Waals surface area contributed by atoms with Gasteiger partial charge in [0, 0.05) is 5.75 Å². The van der Waals surface area contributed by atoms with E-state index in [1.54, 1.807) is 0 Å². The maximum atomic E-state index is 5.54. The predicted molar refractivity (Wildman–Crippen MR) is 35.0 cm³/mol. The molecule has 1 spiro atoms. The van der Waals surface area contributed by atoms with E-state index in [1.165, 1.54) is 25.0 Å². The quantitative estimate of drug-likeness (QED) is 0.493. The van der Waals surface area contributed by atoms with Crippen LogP contribution >= 0.6 is 11.8 Å². The summed E-state index contributed by atoms with van der Waals surface area (Å²) in [6.45, 7) is 0.991. The second kappa shape index (κ2) is 1.64. The van der Waals surface area contributed by atoms with Crippen LogP contribution in [0.1, 0.15) is 19.3 Å². The van der Waals surface area contributed by atoms with Crippen molar-refractivity contribution in [3.63, 3.8) is 0 Å². The third kappa shape index (κ3) is 0.594. The summed E-state index contributed by atoms with van der Waals surface area (Å²) in [6, 6.07) is 0. The van der Waals surface area contributed by atoms with E-state index >= 15 is 0 Å². The molecule has 2 fully saturated rings. The molecule has 0 aromatic carbocycles. The first-order valence-corrected chi connectivity index (χ1v) is 4.18. The van der Waals surface area contributed by atoms with E-state index in [4.69, 9.17) is 4.74 Å². The molecule has 1 aliphatic heterocycles. The van der Waals surface area contributed by atoms with Crippen LogP contribution in [-0.4, -0.2) is 17.3 Å². The summed E-state index contributed by atoms with van der Waals surface area (Å²) in [7, 11) is 0. The van der Waals surface area contributed by atoms with Crippen molar-refractivity contribution in [1.82, 2.24) is 0 Å². The Bertz CT molecular complexity index is 90.7. The summed E-state index contributed by atoms with van der Waals surface area (Å²) in [4.78, 5) is 0.333. The molecular weight excluding hydrogens is 120 g/mol. The summed E-state index contributed by atoms with van der Waals surface area (Å²) in [5, 5.41) is 0. The number of rotatable bonds is 0. The smallest absolute Gasteiger partial charge is 0.113 e. The zero-order chi connectivity index (χ0) is 5.45. The molecule has 2 heteroatoms. The van der Waals surface area contributed by atoms with Crippen molar-refractivity contribution >= 4 is 11.8 Å². The molecule has 46 valence electrons. The molecule has 1 saturated carbocycles. The van der Waals surface area contributed by atoms with E-state index in [0.29, 0.717) is 4.93 Å². The molecule has 0 unspecified atom stereocenters. The van der Waals surface area contributed by atoms with Gasteiger partial charge in [0.1, 0.15) is 4.93 Å². The van der Waals surface area contributed by atoms with Crippen LogP contribution in [0.3, 0.4) is 0 Å². The summed E-state index contributed by atoms with van der Waals surface area (Å²) in [6.07, 6.45) is 3.99. The average molecular weight is 130 g/mol. The molecular formula is C6H10OS. The van der Waals surface area contributed by atoms with Crippen molar-refractivity contribution in [2.45, 2.75) is 24.2 Å². The van der Waals surface area contributed by atoms with Crippen LogP contribution in [0, 0.1) is 0 Å². The van der Waals surface area contributed by atoms with Crippen molar-refractivity contribution in [3.05, 3.63) is 0 Å². The SMILES string of the molecule is C1CC2(C1)OCCS2. The minimum absolute atomic E-state index is 0.333. The Morgan fingerprint density at radius 3 is 2.50 bits per heavy atom. The number of ether oxygens (including phenoxy) is 1. The van der Waals surface area contributed by atoms with Crippen molar-refractivity contribution in [2.24, 2.45) is 0 Å². The maximum Gasteiger partial charge on any atom is 0.113 e. The van der Waals surface area contributed by atoms with Gasteiger partial charge < -0.3 is 4.74 Å². The van der Waals surface area contributed by atoms with E-state index < -0.39 is 0 Å². The highest BCUT2D eigenvalue weighted by atomic mass is 32.2. The fourth-order valence-electron chi connectivity index (χ4n) is 1.25. The van der Waals surface area contributed by atoms with E-state index in [9.17, 15) is 0 Å². The van der Waals surface area contributed by atoms with Gasteiger partial charge in [0.2, 0.25) is 0 Å². The molecule has 2 rings (SSSR count). The van der Waals surface area contributed by atoms with Gasteiger partial charge in [-0.1, -0.05) is 0 Å². The van der Waals surface area contributed by atoms with E-state index in [-0.39, 0.29) is 0 Å². The lowest BCUT2D eigenvalue weighted by Crippen LogP contribution is -2.32. The monoisotopic (exact) mass is 130 g/mol. The highest BCUT2D eigenvalue weighted by molar-refractivity contribution is 8.00. The predicted octanol–water partition coefficient (Wildman–Crippen LogP) is 1.63. The fraction of sp³-hybridized carbons (Fsp3) is 1.00. The van der Waals surface area contributed by atoms with E-state index in [0.717, 1.165) is 6.61 Å². The number of hydrogen-bond acceptors (Lipinski definition) is 2. The van der Waals surface area contributed by atoms with Crippen LogP contribution < -0.4 is 0 Å². The summed E-state index contributed by atoms with van der Waals surface area (Å²) < 4.78 is 5.54. The molecule has 0 N–H and O–H groups in total. The molecule has 1 aliphatic carbocycles. The topological polar surface area (TPSA) is 9.23 Å². The van der Waals surface area contributed by atoms with Gasteiger partial charge in [0.15, 0.2) is 0 Å². The molecule has 2 aliphatic rings. The standard InChI is InChI=1S/C6H10OS/c1-2-6(3-1)7-4-5-8-6/h1-5H2. The number of thioether (sulfide) groups is 1. The second-order valence-electron chi connectivity index (χ2n) is 2.46. The normalized spacial score (nSPS) is 33.0. The van der Waals surface area contributed by atoms with Crippen LogP contribution in [-0.2, 0) is 4.74 Å². The van der Waals surface area contributed by atoms with Gasteiger partial charge in [-0.15, -0.1) is 11.8 Å². The zero-order valence-electron chi connectivity index (χ0n) is 4.85. The minimum Gasteiger partial charge on any atom is -0.363 e. The van der Waals surface area contributed by atoms with Crippen LogP contribution in [0.5, 0.6) is 0 Å².